The smallest absolute Gasteiger partial charge is 0.361 e. The van der Waals surface area contributed by atoms with E-state index in [-0.39, 0.29) is 22.2 Å². The Morgan fingerprint density at radius 2 is 1.23 bits per heavy atom. The van der Waals surface area contributed by atoms with Crippen molar-refractivity contribution in [1.29, 1.82) is 0 Å². The van der Waals surface area contributed by atoms with E-state index >= 15 is 0 Å². The topological polar surface area (TPSA) is 140 Å². The number of fused-ring (bicyclic) bond motifs is 3. The number of aromatic amines is 3. The largest absolute Gasteiger partial charge is 0.418 e. The van der Waals surface area contributed by atoms with Crippen molar-refractivity contribution in [1.82, 2.24) is 15.0 Å². The first-order valence-electron chi connectivity index (χ1n) is 15.7. The molecule has 0 atom stereocenters. The number of hydrogen-bond acceptors (Lipinski definition) is 4. The van der Waals surface area contributed by atoms with Crippen LogP contribution < -0.4 is 21.5 Å². The third-order valence-electron chi connectivity index (χ3n) is 8.37. The second-order valence-corrected chi connectivity index (χ2v) is 12.1. The second kappa shape index (κ2) is 13.8. The number of nitrogens with one attached hydrogen (secondary N) is 5. The van der Waals surface area contributed by atoms with Crippen LogP contribution in [0.5, 0.6) is 0 Å². The highest BCUT2D eigenvalue weighted by Crippen LogP contribution is 2.37. The number of hydrogen-bond donors (Lipinski definition) is 5. The maximum Gasteiger partial charge on any atom is 0.418 e. The molecule has 0 aliphatic heterocycles. The summed E-state index contributed by atoms with van der Waals surface area (Å²) in [5.41, 5.74) is -0.822. The molecule has 2 amide bonds. The Balaban J connectivity index is 0.000000183. The van der Waals surface area contributed by atoms with E-state index < -0.39 is 51.8 Å². The molecular formula is C38H27F6N5O4. The summed E-state index contributed by atoms with van der Waals surface area (Å²) in [6.45, 7) is 3.42. The number of H-pyrrole nitrogens is 3. The van der Waals surface area contributed by atoms with Crippen LogP contribution >= 0.6 is 0 Å². The summed E-state index contributed by atoms with van der Waals surface area (Å²) < 4.78 is 78.8. The number of amides is 2. The maximum absolute atomic E-state index is 13.4. The molecule has 7 aromatic rings. The molecule has 0 aliphatic rings. The minimum atomic E-state index is -4.67. The molecule has 0 fully saturated rings. The van der Waals surface area contributed by atoms with Crippen LogP contribution in [-0.2, 0) is 12.4 Å². The standard InChI is InChI=1S/C20H14F3N3O2.C18H13F3N2O2/c1-10-2-3-12-16(6-10)25-9-13(18(12)27)19(28)26-17-8-15-11(4-5-24-15)7-14(17)20(21,22)23;1-10-6-7-11(18(19,20)21)8-15(10)23-17(25)13-9-22-14-5-3-2-4-12(14)16(13)24/h2-9,24H,1H3,(H,25,27)(H,26,28);2-9H,1H3,(H,22,24)(H,23,25). The van der Waals surface area contributed by atoms with Crippen molar-refractivity contribution in [2.45, 2.75) is 26.2 Å². The van der Waals surface area contributed by atoms with Crippen molar-refractivity contribution in [3.8, 4) is 0 Å². The second-order valence-electron chi connectivity index (χ2n) is 12.1. The Kier molecular flexibility index (Phi) is 9.43. The zero-order valence-corrected chi connectivity index (χ0v) is 27.6. The van der Waals surface area contributed by atoms with Crippen molar-refractivity contribution >= 4 is 55.9 Å². The van der Waals surface area contributed by atoms with E-state index in [1.807, 2.05) is 6.92 Å². The molecule has 0 saturated heterocycles. The van der Waals surface area contributed by atoms with Crippen LogP contribution in [0, 0.1) is 13.8 Å². The Hall–Kier alpha value is -6.64. The number of aryl methyl sites for hydroxylation is 2. The molecule has 0 aliphatic carbocycles. The van der Waals surface area contributed by atoms with Gasteiger partial charge in [-0.3, -0.25) is 19.2 Å². The van der Waals surface area contributed by atoms with Gasteiger partial charge >= 0.3 is 12.4 Å². The van der Waals surface area contributed by atoms with Gasteiger partial charge in [0, 0.05) is 57.0 Å². The summed E-state index contributed by atoms with van der Waals surface area (Å²) in [5, 5.41) is 5.60. The normalized spacial score (nSPS) is 11.7. The van der Waals surface area contributed by atoms with Crippen molar-refractivity contribution in [3.05, 3.63) is 151 Å². The fourth-order valence-corrected chi connectivity index (χ4v) is 5.59. The highest BCUT2D eigenvalue weighted by atomic mass is 19.4. The molecule has 270 valence electrons. The predicted octanol–water partition coefficient (Wildman–Crippen LogP) is 8.70. The molecule has 3 heterocycles. The van der Waals surface area contributed by atoms with Gasteiger partial charge < -0.3 is 25.6 Å². The van der Waals surface area contributed by atoms with E-state index in [0.717, 1.165) is 23.8 Å². The highest BCUT2D eigenvalue weighted by Gasteiger charge is 2.35. The molecule has 15 heteroatoms. The molecule has 0 bridgehead atoms. The lowest BCUT2D eigenvalue weighted by Crippen LogP contribution is -2.23. The Labute approximate surface area is 294 Å². The maximum atomic E-state index is 13.4. The Morgan fingerprint density at radius 3 is 1.89 bits per heavy atom. The zero-order chi connectivity index (χ0) is 38.2. The third-order valence-corrected chi connectivity index (χ3v) is 8.37. The summed E-state index contributed by atoms with van der Waals surface area (Å²) in [6, 6.07) is 18.4. The quantitative estimate of drug-likeness (QED) is 0.116. The van der Waals surface area contributed by atoms with E-state index in [0.29, 0.717) is 32.9 Å². The molecule has 5 N–H and O–H groups in total. The monoisotopic (exact) mass is 731 g/mol. The van der Waals surface area contributed by atoms with Gasteiger partial charge in [-0.05, 0) is 79.6 Å². The van der Waals surface area contributed by atoms with Gasteiger partial charge in [-0.15, -0.1) is 0 Å². The first-order chi connectivity index (χ1) is 25.0. The van der Waals surface area contributed by atoms with Crippen molar-refractivity contribution in [2.75, 3.05) is 10.6 Å². The van der Waals surface area contributed by atoms with Gasteiger partial charge in [0.15, 0.2) is 0 Å². The minimum absolute atomic E-state index is 0.00684. The van der Waals surface area contributed by atoms with Crippen LogP contribution in [0.1, 0.15) is 43.0 Å². The first kappa shape index (κ1) is 36.2. The average molecular weight is 732 g/mol. The van der Waals surface area contributed by atoms with Gasteiger partial charge in [-0.2, -0.15) is 26.3 Å². The SMILES string of the molecule is Cc1ccc(C(F)(F)F)cc1NC(=O)c1c[nH]c2ccccc2c1=O.Cc1ccc2c(=O)c(C(=O)Nc3cc4[nH]ccc4cc3C(F)(F)F)c[nH]c2c1. The number of para-hydroxylation sites is 1. The number of benzene rings is 4. The molecule has 4 aromatic carbocycles. The highest BCUT2D eigenvalue weighted by molar-refractivity contribution is 6.07. The summed E-state index contributed by atoms with van der Waals surface area (Å²) in [7, 11) is 0. The van der Waals surface area contributed by atoms with Gasteiger partial charge in [0.1, 0.15) is 11.1 Å². The number of carbonyl (C=O) groups excluding carboxylic acids is 2. The fourth-order valence-electron chi connectivity index (χ4n) is 5.59. The van der Waals surface area contributed by atoms with Gasteiger partial charge in [-0.25, -0.2) is 0 Å². The number of anilines is 2. The van der Waals surface area contributed by atoms with Crippen LogP contribution in [0.3, 0.4) is 0 Å². The van der Waals surface area contributed by atoms with E-state index in [2.05, 4.69) is 25.6 Å². The lowest BCUT2D eigenvalue weighted by atomic mass is 10.1. The Morgan fingerprint density at radius 1 is 0.604 bits per heavy atom. The van der Waals surface area contributed by atoms with Crippen LogP contribution in [0.2, 0.25) is 0 Å². The molecule has 0 saturated carbocycles. The lowest BCUT2D eigenvalue weighted by Gasteiger charge is -2.14. The van der Waals surface area contributed by atoms with Crippen molar-refractivity contribution < 1.29 is 35.9 Å². The molecule has 9 nitrogen and oxygen atoms in total. The van der Waals surface area contributed by atoms with Crippen LogP contribution in [0.4, 0.5) is 37.7 Å². The Bertz CT molecular complexity index is 2670. The predicted molar refractivity (Wildman–Crippen MR) is 189 cm³/mol. The molecule has 0 unspecified atom stereocenters. The van der Waals surface area contributed by atoms with E-state index in [1.165, 1.54) is 36.8 Å². The van der Waals surface area contributed by atoms with Crippen LogP contribution in [-0.4, -0.2) is 26.8 Å². The number of carbonyl (C=O) groups is 2. The minimum Gasteiger partial charge on any atom is -0.361 e. The summed E-state index contributed by atoms with van der Waals surface area (Å²) in [6.07, 6.45) is -5.22. The lowest BCUT2D eigenvalue weighted by molar-refractivity contribution is -0.138. The molecule has 0 radical (unpaired) electrons. The number of rotatable bonds is 4. The number of aromatic nitrogens is 3. The molecule has 0 spiro atoms. The van der Waals surface area contributed by atoms with Gasteiger partial charge in [-0.1, -0.05) is 24.3 Å². The zero-order valence-electron chi connectivity index (χ0n) is 27.6. The third kappa shape index (κ3) is 7.54. The number of halogens is 6. The van der Waals surface area contributed by atoms with Crippen molar-refractivity contribution in [2.24, 2.45) is 0 Å². The van der Waals surface area contributed by atoms with E-state index in [9.17, 15) is 45.5 Å². The van der Waals surface area contributed by atoms with Crippen molar-refractivity contribution in [3.63, 3.8) is 0 Å². The molecule has 7 rings (SSSR count). The van der Waals surface area contributed by atoms with E-state index in [1.54, 1.807) is 49.4 Å². The average Bonchev–Trinajstić information content (AvgIpc) is 3.56. The number of pyridine rings is 2. The summed E-state index contributed by atoms with van der Waals surface area (Å²) in [4.78, 5) is 58.5. The fraction of sp³-hybridized carbons (Fsp3) is 0.105. The van der Waals surface area contributed by atoms with Crippen LogP contribution in [0.15, 0.2) is 107 Å². The number of alkyl halides is 6. The molecule has 3 aromatic heterocycles. The van der Waals surface area contributed by atoms with Gasteiger partial charge in [0.2, 0.25) is 10.9 Å². The van der Waals surface area contributed by atoms with Gasteiger partial charge in [0.25, 0.3) is 11.8 Å². The molecular weight excluding hydrogens is 704 g/mol. The first-order valence-corrected chi connectivity index (χ1v) is 15.7. The van der Waals surface area contributed by atoms with Crippen LogP contribution in [0.25, 0.3) is 32.7 Å². The van der Waals surface area contributed by atoms with Gasteiger partial charge in [0.05, 0.1) is 16.8 Å². The summed E-state index contributed by atoms with van der Waals surface area (Å²) in [5.74, 6) is -1.69. The molecule has 53 heavy (non-hydrogen) atoms. The summed E-state index contributed by atoms with van der Waals surface area (Å²) >= 11 is 0. The van der Waals surface area contributed by atoms with E-state index in [4.69, 9.17) is 0 Å².